The number of nitro benzene ring substituents is 1. The highest BCUT2D eigenvalue weighted by atomic mass is 16.6. The lowest BCUT2D eigenvalue weighted by atomic mass is 10.0. The molecule has 0 saturated heterocycles. The number of nitrogens with one attached hydrogen (secondary N) is 1. The number of amides is 1. The highest BCUT2D eigenvalue weighted by molar-refractivity contribution is 6.18. The third-order valence-electron chi connectivity index (χ3n) is 5.06. The molecule has 4 rings (SSSR count). The van der Waals surface area contributed by atoms with E-state index < -0.39 is 16.8 Å². The predicted molar refractivity (Wildman–Crippen MR) is 111 cm³/mol. The molecule has 0 unspecified atom stereocenters. The molecule has 0 atom stereocenters. The van der Waals surface area contributed by atoms with Crippen molar-refractivity contribution in [2.75, 3.05) is 13.2 Å². The van der Waals surface area contributed by atoms with Crippen LogP contribution in [0.2, 0.25) is 0 Å². The van der Waals surface area contributed by atoms with Gasteiger partial charge in [-0.25, -0.2) is 4.79 Å². The summed E-state index contributed by atoms with van der Waals surface area (Å²) in [5, 5.41) is 12.3. The Kier molecular flexibility index (Phi) is 5.05. The minimum absolute atomic E-state index is 0.0302. The first kappa shape index (κ1) is 19.4. The fourth-order valence-electron chi connectivity index (χ4n) is 3.70. The van der Waals surface area contributed by atoms with Gasteiger partial charge >= 0.3 is 5.97 Å². The molecule has 1 aromatic heterocycles. The molecule has 0 radical (unpaired) electrons. The van der Waals surface area contributed by atoms with E-state index in [0.717, 1.165) is 16.5 Å². The summed E-state index contributed by atoms with van der Waals surface area (Å²) in [7, 11) is 0. The number of aromatic amines is 1. The molecule has 8 nitrogen and oxygen atoms in total. The fraction of sp³-hybridized carbons (Fsp3) is 0.182. The topological polar surface area (TPSA) is 106 Å². The first-order valence-electron chi connectivity index (χ1n) is 9.54. The number of hydrogen-bond acceptors (Lipinski definition) is 5. The first-order valence-corrected chi connectivity index (χ1v) is 9.54. The summed E-state index contributed by atoms with van der Waals surface area (Å²) in [5.41, 5.74) is 2.30. The smallest absolute Gasteiger partial charge is 0.341 e. The third kappa shape index (κ3) is 3.32. The summed E-state index contributed by atoms with van der Waals surface area (Å²) in [6.45, 7) is 2.16. The number of para-hydroxylation sites is 2. The minimum Gasteiger partial charge on any atom is -0.462 e. The molecule has 1 N–H and O–H groups in total. The molecule has 1 amide bonds. The number of esters is 1. The summed E-state index contributed by atoms with van der Waals surface area (Å²) in [6.07, 6.45) is 1.91. The van der Waals surface area contributed by atoms with E-state index in [4.69, 9.17) is 4.74 Å². The summed E-state index contributed by atoms with van der Waals surface area (Å²) in [4.78, 5) is 41.2. The van der Waals surface area contributed by atoms with Crippen molar-refractivity contribution in [1.29, 1.82) is 0 Å². The molecule has 0 saturated carbocycles. The molecule has 30 heavy (non-hydrogen) atoms. The maximum atomic E-state index is 13.2. The van der Waals surface area contributed by atoms with Crippen molar-refractivity contribution in [1.82, 2.24) is 9.88 Å². The number of carbonyl (C=O) groups is 2. The fourth-order valence-corrected chi connectivity index (χ4v) is 3.70. The number of rotatable bonds is 4. The van der Waals surface area contributed by atoms with Crippen molar-refractivity contribution in [3.05, 3.63) is 81.7 Å². The Morgan fingerprint density at radius 3 is 2.67 bits per heavy atom. The highest BCUT2D eigenvalue weighted by Gasteiger charge is 2.29. The molecule has 1 aliphatic heterocycles. The van der Waals surface area contributed by atoms with E-state index in [-0.39, 0.29) is 30.0 Å². The third-order valence-corrected chi connectivity index (χ3v) is 5.06. The number of nitro groups is 1. The number of H-pyrrole nitrogens is 1. The summed E-state index contributed by atoms with van der Waals surface area (Å²) < 4.78 is 5.21. The molecule has 2 aromatic carbocycles. The molecule has 3 aromatic rings. The van der Waals surface area contributed by atoms with Crippen LogP contribution in [-0.2, 0) is 16.0 Å². The van der Waals surface area contributed by atoms with Gasteiger partial charge in [-0.05, 0) is 31.0 Å². The Morgan fingerprint density at radius 1 is 1.17 bits per heavy atom. The van der Waals surface area contributed by atoms with Gasteiger partial charge in [0.2, 0.25) is 0 Å². The molecule has 152 valence electrons. The van der Waals surface area contributed by atoms with Crippen molar-refractivity contribution in [2.24, 2.45) is 0 Å². The number of hydrogen-bond donors (Lipinski definition) is 1. The Balaban J connectivity index is 1.82. The zero-order valence-electron chi connectivity index (χ0n) is 16.3. The normalized spacial score (nSPS) is 13.4. The van der Waals surface area contributed by atoms with Crippen molar-refractivity contribution in [3.8, 4) is 0 Å². The van der Waals surface area contributed by atoms with Crippen LogP contribution >= 0.6 is 0 Å². The number of benzene rings is 2. The van der Waals surface area contributed by atoms with Crippen LogP contribution in [-0.4, -0.2) is 39.8 Å². The van der Waals surface area contributed by atoms with Gasteiger partial charge in [0.05, 0.1) is 22.8 Å². The van der Waals surface area contributed by atoms with E-state index in [1.165, 1.54) is 29.3 Å². The number of nitrogens with zero attached hydrogens (tertiary/aromatic N) is 2. The van der Waals surface area contributed by atoms with E-state index in [0.29, 0.717) is 12.1 Å². The van der Waals surface area contributed by atoms with Gasteiger partial charge in [0.15, 0.2) is 0 Å². The minimum atomic E-state index is -0.586. The summed E-state index contributed by atoms with van der Waals surface area (Å²) in [5.74, 6) is -1.11. The quantitative estimate of drug-likeness (QED) is 0.405. The van der Waals surface area contributed by atoms with Crippen LogP contribution in [0.5, 0.6) is 0 Å². The van der Waals surface area contributed by atoms with Crippen LogP contribution in [0.1, 0.15) is 28.5 Å². The summed E-state index contributed by atoms with van der Waals surface area (Å²) >= 11 is 0. The Morgan fingerprint density at radius 2 is 1.90 bits per heavy atom. The van der Waals surface area contributed by atoms with Crippen molar-refractivity contribution in [2.45, 2.75) is 13.3 Å². The molecular formula is C22H19N3O5. The second kappa shape index (κ2) is 7.82. The zero-order chi connectivity index (χ0) is 21.3. The Hall–Kier alpha value is -3.94. The second-order valence-electron chi connectivity index (χ2n) is 6.81. The average molecular weight is 405 g/mol. The maximum absolute atomic E-state index is 13.2. The van der Waals surface area contributed by atoms with Gasteiger partial charge in [0.1, 0.15) is 5.56 Å². The number of aromatic nitrogens is 1. The Labute approximate surface area is 171 Å². The maximum Gasteiger partial charge on any atom is 0.341 e. The van der Waals surface area contributed by atoms with Crippen molar-refractivity contribution in [3.63, 3.8) is 0 Å². The molecule has 0 bridgehead atoms. The van der Waals surface area contributed by atoms with E-state index in [2.05, 4.69) is 4.98 Å². The largest absolute Gasteiger partial charge is 0.462 e. The molecule has 0 fully saturated rings. The van der Waals surface area contributed by atoms with Crippen LogP contribution in [0.4, 0.5) is 5.69 Å². The summed E-state index contributed by atoms with van der Waals surface area (Å²) in [6, 6.07) is 13.5. The van der Waals surface area contributed by atoms with Gasteiger partial charge < -0.3 is 14.6 Å². The van der Waals surface area contributed by atoms with Crippen LogP contribution in [0.3, 0.4) is 0 Å². The molecule has 8 heteroatoms. The monoisotopic (exact) mass is 405 g/mol. The number of ether oxygens (including phenoxy) is 1. The van der Waals surface area contributed by atoms with E-state index >= 15 is 0 Å². The average Bonchev–Trinajstić information content (AvgIpc) is 3.01. The van der Waals surface area contributed by atoms with Gasteiger partial charge in [-0.2, -0.15) is 0 Å². The highest BCUT2D eigenvalue weighted by Crippen LogP contribution is 2.32. The van der Waals surface area contributed by atoms with Crippen LogP contribution in [0, 0.1) is 10.1 Å². The lowest BCUT2D eigenvalue weighted by Gasteiger charge is -2.17. The Bertz CT molecular complexity index is 1190. The second-order valence-corrected chi connectivity index (χ2v) is 6.81. The van der Waals surface area contributed by atoms with Gasteiger partial charge in [0.25, 0.3) is 11.6 Å². The SMILES string of the molecule is CCOC(=O)C1=CN(C(=O)c2ccccc2[N+](=O)[O-])CCc2c1[nH]c1ccccc21. The molecule has 0 spiro atoms. The van der Waals surface area contributed by atoms with Gasteiger partial charge in [-0.3, -0.25) is 14.9 Å². The van der Waals surface area contributed by atoms with E-state index in [9.17, 15) is 19.7 Å². The van der Waals surface area contributed by atoms with Crippen molar-refractivity contribution >= 4 is 34.0 Å². The van der Waals surface area contributed by atoms with E-state index in [1.807, 2.05) is 24.3 Å². The number of carbonyl (C=O) groups excluding carboxylic acids is 2. The molecule has 0 aliphatic carbocycles. The molecule has 1 aliphatic rings. The predicted octanol–water partition coefficient (Wildman–Crippen LogP) is 3.68. The molecule has 2 heterocycles. The first-order chi connectivity index (χ1) is 14.5. The van der Waals surface area contributed by atoms with E-state index in [1.54, 1.807) is 13.0 Å². The zero-order valence-corrected chi connectivity index (χ0v) is 16.3. The van der Waals surface area contributed by atoms with Crippen LogP contribution in [0.25, 0.3) is 16.5 Å². The van der Waals surface area contributed by atoms with Gasteiger partial charge in [-0.15, -0.1) is 0 Å². The molecular weight excluding hydrogens is 386 g/mol. The lowest BCUT2D eigenvalue weighted by molar-refractivity contribution is -0.385. The standard InChI is InChI=1S/C22H19N3O5/c1-2-30-22(27)17-13-24(21(26)16-8-4-6-10-19(16)25(28)29)12-11-15-14-7-3-5-9-18(14)23-20(15)17/h3-10,13,23H,2,11-12H2,1H3. The van der Waals surface area contributed by atoms with Crippen LogP contribution < -0.4 is 0 Å². The lowest BCUT2D eigenvalue weighted by Crippen LogP contribution is -2.28. The van der Waals surface area contributed by atoms with Crippen LogP contribution in [0.15, 0.2) is 54.7 Å². The number of fused-ring (bicyclic) bond motifs is 3. The van der Waals surface area contributed by atoms with Gasteiger partial charge in [-0.1, -0.05) is 30.3 Å². The van der Waals surface area contributed by atoms with Gasteiger partial charge in [0, 0.05) is 29.7 Å². The van der Waals surface area contributed by atoms with Crippen molar-refractivity contribution < 1.29 is 19.2 Å².